The van der Waals surface area contributed by atoms with E-state index in [9.17, 15) is 8.42 Å². The molecule has 2 aliphatic heterocycles. The predicted molar refractivity (Wildman–Crippen MR) is 70.0 cm³/mol. The number of rotatable bonds is 3. The molecule has 0 radical (unpaired) electrons. The van der Waals surface area contributed by atoms with E-state index >= 15 is 0 Å². The minimum absolute atomic E-state index is 0.410. The number of nitrogens with zero attached hydrogens (tertiary/aromatic N) is 1. The van der Waals surface area contributed by atoms with Crippen molar-refractivity contribution in [3.63, 3.8) is 0 Å². The minimum atomic E-state index is -3.41. The molecule has 1 aromatic carbocycles. The van der Waals surface area contributed by atoms with E-state index in [2.05, 4.69) is 0 Å². The third-order valence-electron chi connectivity index (χ3n) is 3.69. The van der Waals surface area contributed by atoms with Crippen molar-refractivity contribution >= 4 is 10.0 Å². The predicted octanol–water partition coefficient (Wildman–Crippen LogP) is 0.920. The van der Waals surface area contributed by atoms with Crippen molar-refractivity contribution in [1.29, 1.82) is 0 Å². The van der Waals surface area contributed by atoms with E-state index in [1.54, 1.807) is 0 Å². The Bertz CT molecular complexity index is 553. The highest BCUT2D eigenvalue weighted by Crippen LogP contribution is 2.49. The van der Waals surface area contributed by atoms with Crippen molar-refractivity contribution in [3.8, 4) is 0 Å². The summed E-state index contributed by atoms with van der Waals surface area (Å²) in [6, 6.07) is 9.48. The zero-order valence-electron chi connectivity index (χ0n) is 10.8. The van der Waals surface area contributed by atoms with Crippen LogP contribution in [0.15, 0.2) is 30.3 Å². The van der Waals surface area contributed by atoms with E-state index in [-0.39, 0.29) is 0 Å². The minimum Gasteiger partial charge on any atom is -0.379 e. The van der Waals surface area contributed by atoms with Crippen molar-refractivity contribution in [2.24, 2.45) is 0 Å². The molecule has 3 rings (SSSR count). The van der Waals surface area contributed by atoms with E-state index in [0.29, 0.717) is 26.3 Å². The summed E-state index contributed by atoms with van der Waals surface area (Å²) in [5.41, 5.74) is -0.601. The maximum absolute atomic E-state index is 12.5. The van der Waals surface area contributed by atoms with Crippen molar-refractivity contribution in [2.75, 3.05) is 26.3 Å². The summed E-state index contributed by atoms with van der Waals surface area (Å²) in [6.45, 7) is 3.55. The highest BCUT2D eigenvalue weighted by molar-refractivity contribution is 7.89. The lowest BCUT2D eigenvalue weighted by molar-refractivity contribution is 0.0725. The van der Waals surface area contributed by atoms with Gasteiger partial charge in [-0.15, -0.1) is 0 Å². The van der Waals surface area contributed by atoms with Crippen LogP contribution in [-0.2, 0) is 25.1 Å². The quantitative estimate of drug-likeness (QED) is 0.774. The van der Waals surface area contributed by atoms with Crippen LogP contribution in [0.3, 0.4) is 0 Å². The fraction of sp³-hybridized carbons (Fsp3) is 0.538. The largest absolute Gasteiger partial charge is 0.379 e. The first-order valence-electron chi connectivity index (χ1n) is 6.35. The van der Waals surface area contributed by atoms with E-state index in [4.69, 9.17) is 9.47 Å². The lowest BCUT2D eigenvalue weighted by atomic mass is 10.0. The van der Waals surface area contributed by atoms with Crippen LogP contribution in [0.2, 0.25) is 0 Å². The Morgan fingerprint density at radius 1 is 1.21 bits per heavy atom. The Balaban J connectivity index is 1.81. The van der Waals surface area contributed by atoms with Gasteiger partial charge in [-0.2, -0.15) is 4.31 Å². The van der Waals surface area contributed by atoms with Gasteiger partial charge in [0.1, 0.15) is 5.60 Å². The summed E-state index contributed by atoms with van der Waals surface area (Å²) in [7, 11) is -3.41. The third kappa shape index (κ3) is 2.18. The zero-order valence-corrected chi connectivity index (χ0v) is 11.6. The van der Waals surface area contributed by atoms with Gasteiger partial charge in [-0.05, 0) is 12.5 Å². The normalized spacial score (nSPS) is 32.2. The Labute approximate surface area is 113 Å². The monoisotopic (exact) mass is 283 g/mol. The average Bonchev–Trinajstić information content (AvgIpc) is 3.16. The fourth-order valence-electron chi connectivity index (χ4n) is 2.44. The Hall–Kier alpha value is -0.950. The van der Waals surface area contributed by atoms with Gasteiger partial charge in [-0.3, -0.25) is 0 Å². The maximum Gasteiger partial charge on any atom is 0.244 e. The summed E-state index contributed by atoms with van der Waals surface area (Å²) in [5, 5.41) is 0. The molecule has 0 N–H and O–H groups in total. The lowest BCUT2D eigenvalue weighted by Crippen LogP contribution is -2.43. The first kappa shape index (κ1) is 13.1. The first-order chi connectivity index (χ1) is 9.05. The highest BCUT2D eigenvalue weighted by atomic mass is 32.2. The van der Waals surface area contributed by atoms with Crippen LogP contribution >= 0.6 is 0 Å². The van der Waals surface area contributed by atoms with Crippen molar-refractivity contribution in [3.05, 3.63) is 35.9 Å². The molecule has 0 aliphatic carbocycles. The summed E-state index contributed by atoms with van der Waals surface area (Å²) in [4.78, 5) is 0. The second-order valence-corrected chi connectivity index (χ2v) is 6.95. The fourth-order valence-corrected chi connectivity index (χ4v) is 4.40. The standard InChI is InChI=1S/C13H17NO4S/c1-13(11-5-3-2-4-6-11)12(18-13)19(15,16)14-7-9-17-10-8-14/h2-6,12H,7-10H2,1H3. The van der Waals surface area contributed by atoms with Crippen LogP contribution < -0.4 is 0 Å². The number of benzene rings is 1. The van der Waals surface area contributed by atoms with Gasteiger partial charge in [0.15, 0.2) is 0 Å². The molecule has 0 bridgehead atoms. The molecule has 5 nitrogen and oxygen atoms in total. The van der Waals surface area contributed by atoms with E-state index < -0.39 is 21.1 Å². The van der Waals surface area contributed by atoms with Gasteiger partial charge >= 0.3 is 0 Å². The van der Waals surface area contributed by atoms with Gasteiger partial charge in [0.05, 0.1) is 13.2 Å². The van der Waals surface area contributed by atoms with Crippen LogP contribution in [0.4, 0.5) is 0 Å². The second-order valence-electron chi connectivity index (χ2n) is 4.98. The van der Waals surface area contributed by atoms with E-state index in [1.807, 2.05) is 37.3 Å². The van der Waals surface area contributed by atoms with Gasteiger partial charge in [0.2, 0.25) is 15.5 Å². The van der Waals surface area contributed by atoms with Crippen molar-refractivity contribution in [2.45, 2.75) is 18.0 Å². The molecule has 2 heterocycles. The van der Waals surface area contributed by atoms with Gasteiger partial charge in [-0.1, -0.05) is 30.3 Å². The Morgan fingerprint density at radius 2 is 1.84 bits per heavy atom. The SMILES string of the molecule is CC1(c2ccccc2)OC1S(=O)(=O)N1CCOCC1. The third-order valence-corrected chi connectivity index (χ3v) is 5.86. The van der Waals surface area contributed by atoms with Crippen LogP contribution in [0.25, 0.3) is 0 Å². The molecular formula is C13H17NO4S. The van der Waals surface area contributed by atoms with Gasteiger partial charge in [0.25, 0.3) is 0 Å². The summed E-state index contributed by atoms with van der Waals surface area (Å²) >= 11 is 0. The zero-order chi connectivity index (χ0) is 13.5. The summed E-state index contributed by atoms with van der Waals surface area (Å²) in [5.74, 6) is 0. The molecule has 0 spiro atoms. The number of sulfonamides is 1. The summed E-state index contributed by atoms with van der Waals surface area (Å²) in [6.07, 6.45) is 0. The molecule has 0 aromatic heterocycles. The smallest absolute Gasteiger partial charge is 0.244 e. The molecule has 0 amide bonds. The number of hydrogen-bond acceptors (Lipinski definition) is 4. The molecule has 2 aliphatic rings. The van der Waals surface area contributed by atoms with Gasteiger partial charge in [0, 0.05) is 13.1 Å². The van der Waals surface area contributed by atoms with E-state index in [0.717, 1.165) is 5.56 Å². The Kier molecular flexibility index (Phi) is 3.13. The molecule has 2 fully saturated rings. The first-order valence-corrected chi connectivity index (χ1v) is 7.85. The lowest BCUT2D eigenvalue weighted by Gasteiger charge is -2.25. The Morgan fingerprint density at radius 3 is 2.47 bits per heavy atom. The average molecular weight is 283 g/mol. The highest BCUT2D eigenvalue weighted by Gasteiger charge is 2.62. The maximum atomic E-state index is 12.5. The molecule has 2 atom stereocenters. The molecular weight excluding hydrogens is 266 g/mol. The molecule has 1 aromatic rings. The summed E-state index contributed by atoms with van der Waals surface area (Å²) < 4.78 is 37.2. The van der Waals surface area contributed by atoms with Crippen molar-refractivity contribution < 1.29 is 17.9 Å². The van der Waals surface area contributed by atoms with Crippen LogP contribution in [0.5, 0.6) is 0 Å². The molecule has 104 valence electrons. The number of morpholine rings is 1. The van der Waals surface area contributed by atoms with E-state index in [1.165, 1.54) is 4.31 Å². The molecule has 19 heavy (non-hydrogen) atoms. The molecule has 2 saturated heterocycles. The topological polar surface area (TPSA) is 59.1 Å². The molecule has 0 saturated carbocycles. The van der Waals surface area contributed by atoms with Crippen LogP contribution in [0.1, 0.15) is 12.5 Å². The van der Waals surface area contributed by atoms with Gasteiger partial charge in [-0.25, -0.2) is 8.42 Å². The number of hydrogen-bond donors (Lipinski definition) is 0. The number of ether oxygens (including phenoxy) is 2. The molecule has 6 heteroatoms. The van der Waals surface area contributed by atoms with Crippen LogP contribution in [-0.4, -0.2) is 44.5 Å². The van der Waals surface area contributed by atoms with Crippen LogP contribution in [0, 0.1) is 0 Å². The number of epoxide rings is 1. The second kappa shape index (κ2) is 4.56. The molecule has 2 unspecified atom stereocenters. The van der Waals surface area contributed by atoms with Crippen molar-refractivity contribution in [1.82, 2.24) is 4.31 Å². The van der Waals surface area contributed by atoms with Gasteiger partial charge < -0.3 is 9.47 Å².